The minimum atomic E-state index is -4.84. The van der Waals surface area contributed by atoms with Crippen molar-refractivity contribution < 1.29 is 36.3 Å². The van der Waals surface area contributed by atoms with Gasteiger partial charge in [-0.15, -0.1) is 0 Å². The van der Waals surface area contributed by atoms with Crippen LogP contribution in [0.15, 0.2) is 42.9 Å². The number of carbonyl (C=O) groups is 2. The van der Waals surface area contributed by atoms with E-state index in [1.54, 1.807) is 0 Å². The van der Waals surface area contributed by atoms with E-state index in [1.165, 1.54) is 19.5 Å². The second-order valence-electron chi connectivity index (χ2n) is 8.12. The average molecular weight is 522 g/mol. The fourth-order valence-corrected chi connectivity index (χ4v) is 3.39. The van der Waals surface area contributed by atoms with Gasteiger partial charge >= 0.3 is 12.2 Å². The third-order valence-electron chi connectivity index (χ3n) is 5.53. The minimum absolute atomic E-state index is 0.0702. The maximum Gasteiger partial charge on any atom is 0.418 e. The van der Waals surface area contributed by atoms with Crippen molar-refractivity contribution >= 4 is 23.2 Å². The van der Waals surface area contributed by atoms with Gasteiger partial charge in [0.25, 0.3) is 5.91 Å². The van der Waals surface area contributed by atoms with Gasteiger partial charge in [-0.25, -0.2) is 18.7 Å². The summed E-state index contributed by atoms with van der Waals surface area (Å²) < 4.78 is 73.0. The summed E-state index contributed by atoms with van der Waals surface area (Å²) in [5, 5.41) is 7.30. The lowest BCUT2D eigenvalue weighted by Crippen LogP contribution is -2.48. The lowest BCUT2D eigenvalue weighted by Gasteiger charge is -2.17. The van der Waals surface area contributed by atoms with Gasteiger partial charge in [-0.2, -0.15) is 13.2 Å². The van der Waals surface area contributed by atoms with E-state index in [-0.39, 0.29) is 29.5 Å². The molecule has 194 valence electrons. The van der Waals surface area contributed by atoms with Gasteiger partial charge in [-0.1, -0.05) is 6.07 Å². The Balaban J connectivity index is 1.39. The molecule has 37 heavy (non-hydrogen) atoms. The SMILES string of the molecule is COc1ncc(C(=O)NC2(C(=O)NCc3ncc(Nc4c(F)cccc4C(F)(F)F)cc3F)CC2)cn1. The molecule has 2 aromatic heterocycles. The lowest BCUT2D eigenvalue weighted by atomic mass is 10.1. The number of alkyl halides is 3. The molecular formula is C23H19F5N6O3. The second-order valence-corrected chi connectivity index (χ2v) is 8.12. The number of nitrogens with zero attached hydrogens (tertiary/aromatic N) is 3. The first-order valence-corrected chi connectivity index (χ1v) is 10.8. The van der Waals surface area contributed by atoms with Gasteiger partial charge in [0.1, 0.15) is 17.2 Å². The monoisotopic (exact) mass is 522 g/mol. The normalized spacial score (nSPS) is 14.0. The van der Waals surface area contributed by atoms with E-state index in [0.29, 0.717) is 18.9 Å². The summed E-state index contributed by atoms with van der Waals surface area (Å²) in [6.07, 6.45) is -0.647. The van der Waals surface area contributed by atoms with Gasteiger partial charge < -0.3 is 20.7 Å². The van der Waals surface area contributed by atoms with Gasteiger partial charge in [0.15, 0.2) is 0 Å². The number of pyridine rings is 1. The van der Waals surface area contributed by atoms with Crippen molar-refractivity contribution in [1.29, 1.82) is 0 Å². The highest BCUT2D eigenvalue weighted by Gasteiger charge is 2.51. The molecule has 1 aliphatic rings. The van der Waals surface area contributed by atoms with Crippen LogP contribution in [0, 0.1) is 11.6 Å². The summed E-state index contributed by atoms with van der Waals surface area (Å²) in [4.78, 5) is 36.6. The zero-order chi connectivity index (χ0) is 26.8. The van der Waals surface area contributed by atoms with Crippen molar-refractivity contribution in [2.75, 3.05) is 12.4 Å². The number of ether oxygens (including phenoxy) is 1. The zero-order valence-electron chi connectivity index (χ0n) is 19.1. The van der Waals surface area contributed by atoms with Gasteiger partial charge in [0.2, 0.25) is 5.91 Å². The molecule has 2 heterocycles. The second kappa shape index (κ2) is 9.95. The first-order chi connectivity index (χ1) is 17.5. The molecule has 0 saturated heterocycles. The lowest BCUT2D eigenvalue weighted by molar-refractivity contribution is -0.137. The first-order valence-electron chi connectivity index (χ1n) is 10.8. The number of halogens is 5. The number of anilines is 2. The van der Waals surface area contributed by atoms with E-state index >= 15 is 0 Å². The van der Waals surface area contributed by atoms with Crippen molar-refractivity contribution in [1.82, 2.24) is 25.6 Å². The van der Waals surface area contributed by atoms with Crippen molar-refractivity contribution in [2.45, 2.75) is 31.1 Å². The van der Waals surface area contributed by atoms with Gasteiger partial charge in [0, 0.05) is 18.5 Å². The number of amides is 2. The maximum atomic E-state index is 14.6. The smallest absolute Gasteiger partial charge is 0.418 e. The molecule has 0 aliphatic heterocycles. The van der Waals surface area contributed by atoms with Crippen LogP contribution in [-0.2, 0) is 17.5 Å². The van der Waals surface area contributed by atoms with Crippen molar-refractivity contribution in [3.8, 4) is 6.01 Å². The van der Waals surface area contributed by atoms with Crippen LogP contribution >= 0.6 is 0 Å². The van der Waals surface area contributed by atoms with Crippen LogP contribution in [0.2, 0.25) is 0 Å². The molecule has 0 radical (unpaired) electrons. The van der Waals surface area contributed by atoms with Crippen LogP contribution < -0.4 is 20.7 Å². The number of aromatic nitrogens is 3. The van der Waals surface area contributed by atoms with Gasteiger partial charge in [-0.3, -0.25) is 14.6 Å². The number of benzene rings is 1. The van der Waals surface area contributed by atoms with E-state index in [2.05, 4.69) is 30.9 Å². The number of hydrogen-bond acceptors (Lipinski definition) is 7. The number of para-hydroxylation sites is 1. The van der Waals surface area contributed by atoms with Crippen molar-refractivity contribution in [3.05, 3.63) is 71.3 Å². The Kier molecular flexibility index (Phi) is 6.92. The van der Waals surface area contributed by atoms with Crippen molar-refractivity contribution in [3.63, 3.8) is 0 Å². The Hall–Kier alpha value is -4.36. The first kappa shape index (κ1) is 25.7. The molecular weight excluding hydrogens is 503 g/mol. The quantitative estimate of drug-likeness (QED) is 0.388. The van der Waals surface area contributed by atoms with Crippen LogP contribution in [0.1, 0.15) is 34.5 Å². The molecule has 1 fully saturated rings. The molecule has 0 spiro atoms. The minimum Gasteiger partial charge on any atom is -0.467 e. The molecule has 4 rings (SSSR count). The van der Waals surface area contributed by atoms with Crippen LogP contribution in [0.4, 0.5) is 33.3 Å². The van der Waals surface area contributed by atoms with Crippen LogP contribution in [-0.4, -0.2) is 39.4 Å². The predicted molar refractivity (Wildman–Crippen MR) is 119 cm³/mol. The molecule has 1 aliphatic carbocycles. The Morgan fingerprint density at radius 2 is 1.76 bits per heavy atom. The largest absolute Gasteiger partial charge is 0.467 e. The Morgan fingerprint density at radius 3 is 2.35 bits per heavy atom. The molecule has 0 atom stereocenters. The fourth-order valence-electron chi connectivity index (χ4n) is 3.39. The Labute approximate surface area is 206 Å². The Bertz CT molecular complexity index is 1330. The number of rotatable bonds is 8. The number of methoxy groups -OCH3 is 1. The van der Waals surface area contributed by atoms with Gasteiger partial charge in [-0.05, 0) is 25.0 Å². The number of hydrogen-bond donors (Lipinski definition) is 3. The summed E-state index contributed by atoms with van der Waals surface area (Å²) in [5.74, 6) is -3.27. The van der Waals surface area contributed by atoms with E-state index < -0.39 is 46.4 Å². The molecule has 2 amide bonds. The van der Waals surface area contributed by atoms with Crippen molar-refractivity contribution in [2.24, 2.45) is 0 Å². The highest BCUT2D eigenvalue weighted by Crippen LogP contribution is 2.38. The van der Waals surface area contributed by atoms with Gasteiger partial charge in [0.05, 0.1) is 48.0 Å². The molecule has 1 saturated carbocycles. The zero-order valence-corrected chi connectivity index (χ0v) is 19.1. The summed E-state index contributed by atoms with van der Waals surface area (Å²) in [6.45, 7) is -0.359. The standard InChI is InChI=1S/C23H19F5N6O3/c1-37-21-31-8-12(9-32-21)19(35)34-22(5-6-22)20(36)30-11-17-16(25)7-13(10-29-17)33-18-14(23(26,27)28)3-2-4-15(18)24/h2-4,7-10,33H,5-6,11H2,1H3,(H,30,36)(H,34,35). The summed E-state index contributed by atoms with van der Waals surface area (Å²) in [7, 11) is 1.37. The van der Waals surface area contributed by atoms with Crippen LogP contribution in [0.5, 0.6) is 6.01 Å². The predicted octanol–water partition coefficient (Wildman–Crippen LogP) is 3.50. The summed E-state index contributed by atoms with van der Waals surface area (Å²) >= 11 is 0. The molecule has 3 N–H and O–H groups in total. The third-order valence-corrected chi connectivity index (χ3v) is 5.53. The number of carbonyl (C=O) groups excluding carboxylic acids is 2. The molecule has 14 heteroatoms. The topological polar surface area (TPSA) is 118 Å². The number of nitrogens with one attached hydrogen (secondary N) is 3. The molecule has 3 aromatic rings. The highest BCUT2D eigenvalue weighted by molar-refractivity contribution is 6.00. The average Bonchev–Trinajstić information content (AvgIpc) is 3.64. The molecule has 0 bridgehead atoms. The Morgan fingerprint density at radius 1 is 1.05 bits per heavy atom. The third kappa shape index (κ3) is 5.73. The van der Waals surface area contributed by atoms with E-state index in [9.17, 15) is 31.5 Å². The fraction of sp³-hybridized carbons (Fsp3) is 0.261. The maximum absolute atomic E-state index is 14.6. The van der Waals surface area contributed by atoms with Crippen LogP contribution in [0.25, 0.3) is 0 Å². The molecule has 0 unspecified atom stereocenters. The van der Waals surface area contributed by atoms with E-state index in [1.807, 2.05) is 0 Å². The molecule has 9 nitrogen and oxygen atoms in total. The summed E-state index contributed by atoms with van der Waals surface area (Å²) in [5.41, 5.74) is -3.65. The molecule has 1 aromatic carbocycles. The summed E-state index contributed by atoms with van der Waals surface area (Å²) in [6, 6.07) is 3.33. The van der Waals surface area contributed by atoms with E-state index in [0.717, 1.165) is 24.4 Å². The van der Waals surface area contributed by atoms with Crippen LogP contribution in [0.3, 0.4) is 0 Å². The highest BCUT2D eigenvalue weighted by atomic mass is 19.4. The van der Waals surface area contributed by atoms with E-state index in [4.69, 9.17) is 4.74 Å².